The maximum absolute atomic E-state index is 13.4. The van der Waals surface area contributed by atoms with Crippen molar-refractivity contribution in [3.8, 4) is 34.5 Å². The first kappa shape index (κ1) is 49.5. The third-order valence-electron chi connectivity index (χ3n) is 13.1. The predicted octanol–water partition coefficient (Wildman–Crippen LogP) is 7.93. The molecule has 0 atom stereocenters. The predicted molar refractivity (Wildman–Crippen MR) is 267 cm³/mol. The molecule has 6 aromatic rings. The van der Waals surface area contributed by atoms with Crippen LogP contribution in [0.1, 0.15) is 116 Å². The van der Waals surface area contributed by atoms with Crippen LogP contribution in [0, 0.1) is 0 Å². The number of rotatable bonds is 8. The van der Waals surface area contributed by atoms with Crippen LogP contribution < -0.4 is 25.4 Å². The Kier molecular flexibility index (Phi) is 13.8. The minimum Gasteiger partial charge on any atom is -0.496 e. The summed E-state index contributed by atoms with van der Waals surface area (Å²) in [6.45, 7) is 16.8. The van der Waals surface area contributed by atoms with E-state index in [1.807, 2.05) is 63.2 Å². The van der Waals surface area contributed by atoms with Crippen LogP contribution in [-0.2, 0) is 54.6 Å². The number of carbonyl (C=O) groups is 3. The summed E-state index contributed by atoms with van der Waals surface area (Å²) in [6.07, 6.45) is 5.00. The summed E-state index contributed by atoms with van der Waals surface area (Å²) in [4.78, 5) is 50.1. The number of anilines is 2. The Morgan fingerprint density at radius 3 is 1.66 bits per heavy atom. The molecule has 0 fully saturated rings. The van der Waals surface area contributed by atoms with E-state index in [1.165, 1.54) is 5.56 Å². The highest BCUT2D eigenvalue weighted by Crippen LogP contribution is 2.37. The highest BCUT2D eigenvalue weighted by molar-refractivity contribution is 6.07. The Hall–Kier alpha value is -6.92. The first-order chi connectivity index (χ1) is 32.9. The number of nitrogens with one attached hydrogen (secondary N) is 3. The summed E-state index contributed by atoms with van der Waals surface area (Å²) >= 11 is 0. The molecule has 4 aliphatic rings. The van der Waals surface area contributed by atoms with E-state index in [4.69, 9.17) is 14.2 Å². The minimum atomic E-state index is -0.577. The average molecular weight is 974 g/mol. The fourth-order valence-electron chi connectivity index (χ4n) is 9.52. The van der Waals surface area contributed by atoms with Crippen LogP contribution in [0.25, 0.3) is 23.0 Å². The molecule has 18 nitrogen and oxygen atoms in total. The second-order valence-corrected chi connectivity index (χ2v) is 20.1. The van der Waals surface area contributed by atoms with E-state index >= 15 is 0 Å². The molecule has 4 aliphatic heterocycles. The maximum atomic E-state index is 13.4. The highest BCUT2D eigenvalue weighted by atomic mass is 35.5. The summed E-state index contributed by atoms with van der Waals surface area (Å²) in [5.74, 6) is 4.65. The molecular formula is C51H61ClN12O6. The van der Waals surface area contributed by atoms with Crippen molar-refractivity contribution >= 4 is 42.0 Å². The van der Waals surface area contributed by atoms with Gasteiger partial charge in [0.25, 0.3) is 11.8 Å². The Bertz CT molecular complexity index is 2970. The molecule has 8 heterocycles. The lowest BCUT2D eigenvalue weighted by Crippen LogP contribution is -2.40. The number of aryl methyl sites for hydroxylation is 2. The van der Waals surface area contributed by atoms with Crippen LogP contribution in [0.4, 0.5) is 16.4 Å². The maximum Gasteiger partial charge on any atom is 0.410 e. The molecule has 4 aromatic heterocycles. The first-order valence-corrected chi connectivity index (χ1v) is 23.5. The summed E-state index contributed by atoms with van der Waals surface area (Å²) in [5.41, 5.74) is 5.74. The molecule has 368 valence electrons. The van der Waals surface area contributed by atoms with Crippen molar-refractivity contribution in [3.63, 3.8) is 0 Å². The number of carbonyl (C=O) groups excluding carboxylic acids is 3. The lowest BCUT2D eigenvalue weighted by molar-refractivity contribution is 0.0223. The van der Waals surface area contributed by atoms with Gasteiger partial charge >= 0.3 is 6.09 Å². The monoisotopic (exact) mass is 972 g/mol. The van der Waals surface area contributed by atoms with Crippen LogP contribution in [0.5, 0.6) is 11.5 Å². The molecule has 0 radical (unpaired) electrons. The normalized spacial score (nSPS) is 16.0. The molecule has 10 rings (SSSR count). The lowest BCUT2D eigenvalue weighted by atomic mass is 9.96. The fraction of sp³-hybridized carbons (Fsp3) is 0.431. The zero-order valence-corrected chi connectivity index (χ0v) is 42.0. The number of fused-ring (bicyclic) bond motifs is 4. The average Bonchev–Trinajstić information content (AvgIpc) is 4.11. The molecule has 0 saturated heterocycles. The topological polar surface area (TPSA) is 205 Å². The number of ether oxygens (including phenoxy) is 3. The van der Waals surface area contributed by atoms with Gasteiger partial charge in [-0.15, -0.1) is 32.8 Å². The SMILES string of the molecule is COc1cc2c(cc1C(=O)Nc1cccc(-c3nnc4n3C(C)(C)CC4)n1)CN(C(=O)OC(C)(C)C)CC2.COc1cc2c(cc1C(=O)Nc1cccc(-c3nnc4n3C(C)(C)CC4)n1)CNCC2.Cl. The van der Waals surface area contributed by atoms with Crippen molar-refractivity contribution in [2.45, 2.75) is 117 Å². The Labute approximate surface area is 413 Å². The number of amides is 3. The van der Waals surface area contributed by atoms with Crippen molar-refractivity contribution in [2.75, 3.05) is 37.9 Å². The second-order valence-electron chi connectivity index (χ2n) is 20.1. The Balaban J connectivity index is 0.000000189. The number of benzene rings is 2. The molecule has 0 saturated carbocycles. The van der Waals surface area contributed by atoms with Crippen molar-refractivity contribution in [1.29, 1.82) is 0 Å². The van der Waals surface area contributed by atoms with E-state index in [1.54, 1.807) is 37.3 Å². The van der Waals surface area contributed by atoms with Gasteiger partial charge in [0.2, 0.25) is 0 Å². The molecular weight excluding hydrogens is 912 g/mol. The van der Waals surface area contributed by atoms with Gasteiger partial charge in [0.1, 0.15) is 51.8 Å². The molecule has 2 aromatic carbocycles. The standard InChI is InChI=1S/C28H34N6O4.C23H26N6O2.ClH/c1-27(2,3)38-26(36)33-13-11-17-15-21(37-6)19(14-18(17)16-33)25(35)30-22-9-7-8-20(29-22)24-32-31-23-10-12-28(4,5)34(23)24;1-23(2)9-7-20-27-28-21(29(20)23)17-5-4-6-19(25-17)26-22(30)16-11-15-13-24-10-8-14(15)12-18(16)31-3;/h7-9,14-15H,10-13,16H2,1-6H3,(H,29,30,35);4-6,11-12,24H,7-10,13H2,1-3H3,(H,25,26,30);1H. The van der Waals surface area contributed by atoms with Crippen molar-refractivity contribution in [3.05, 3.63) is 106 Å². The van der Waals surface area contributed by atoms with Gasteiger partial charge in [-0.05, 0) is 151 Å². The van der Waals surface area contributed by atoms with E-state index < -0.39 is 5.60 Å². The number of methoxy groups -OCH3 is 2. The number of pyridine rings is 2. The van der Waals surface area contributed by atoms with Gasteiger partial charge in [0.15, 0.2) is 11.6 Å². The number of hydrogen-bond donors (Lipinski definition) is 3. The molecule has 0 bridgehead atoms. The number of nitrogens with zero attached hydrogens (tertiary/aromatic N) is 9. The molecule has 0 unspecified atom stereocenters. The van der Waals surface area contributed by atoms with Crippen LogP contribution in [0.15, 0.2) is 60.7 Å². The van der Waals surface area contributed by atoms with Crippen LogP contribution in [0.2, 0.25) is 0 Å². The van der Waals surface area contributed by atoms with E-state index in [9.17, 15) is 14.4 Å². The summed E-state index contributed by atoms with van der Waals surface area (Å²) in [5, 5.41) is 26.6. The molecule has 3 N–H and O–H groups in total. The molecule has 3 amide bonds. The summed E-state index contributed by atoms with van der Waals surface area (Å²) < 4.78 is 20.9. The Morgan fingerprint density at radius 2 is 1.16 bits per heavy atom. The second kappa shape index (κ2) is 19.5. The van der Waals surface area contributed by atoms with E-state index in [0.29, 0.717) is 71.0 Å². The van der Waals surface area contributed by atoms with Gasteiger partial charge in [0, 0.05) is 43.6 Å². The molecule has 19 heteroatoms. The first-order valence-electron chi connectivity index (χ1n) is 23.5. The van der Waals surface area contributed by atoms with E-state index in [-0.39, 0.29) is 41.4 Å². The van der Waals surface area contributed by atoms with Gasteiger partial charge in [-0.2, -0.15) is 0 Å². The third-order valence-corrected chi connectivity index (χ3v) is 13.1. The zero-order valence-electron chi connectivity index (χ0n) is 41.2. The number of hydrogen-bond acceptors (Lipinski definition) is 13. The molecule has 70 heavy (non-hydrogen) atoms. The summed E-state index contributed by atoms with van der Waals surface area (Å²) in [6, 6.07) is 18.5. The minimum absolute atomic E-state index is 0. The van der Waals surface area contributed by atoms with Crippen LogP contribution in [-0.4, -0.2) is 95.2 Å². The lowest BCUT2D eigenvalue weighted by Gasteiger charge is -2.31. The third kappa shape index (κ3) is 10.1. The van der Waals surface area contributed by atoms with Gasteiger partial charge in [-0.25, -0.2) is 14.8 Å². The highest BCUT2D eigenvalue weighted by Gasteiger charge is 2.36. The van der Waals surface area contributed by atoms with E-state index in [0.717, 1.165) is 79.4 Å². The Morgan fingerprint density at radius 1 is 0.657 bits per heavy atom. The fourth-order valence-corrected chi connectivity index (χ4v) is 9.52. The van der Waals surface area contributed by atoms with Gasteiger partial charge in [-0.3, -0.25) is 9.59 Å². The molecule has 0 aliphatic carbocycles. The van der Waals surface area contributed by atoms with Gasteiger partial charge in [0.05, 0.1) is 25.3 Å². The zero-order chi connectivity index (χ0) is 48.8. The van der Waals surface area contributed by atoms with Crippen LogP contribution in [0.3, 0.4) is 0 Å². The van der Waals surface area contributed by atoms with E-state index in [2.05, 4.69) is 83.1 Å². The summed E-state index contributed by atoms with van der Waals surface area (Å²) in [7, 11) is 3.13. The van der Waals surface area contributed by atoms with Crippen molar-refractivity contribution < 1.29 is 28.6 Å². The quantitative estimate of drug-likeness (QED) is 0.133. The number of aromatic nitrogens is 8. The number of halogens is 1. The van der Waals surface area contributed by atoms with Gasteiger partial charge < -0.3 is 44.2 Å². The smallest absolute Gasteiger partial charge is 0.410 e. The van der Waals surface area contributed by atoms with Crippen LogP contribution >= 0.6 is 12.4 Å². The van der Waals surface area contributed by atoms with Crippen molar-refractivity contribution in [2.24, 2.45) is 0 Å². The van der Waals surface area contributed by atoms with Crippen molar-refractivity contribution in [1.82, 2.24) is 49.7 Å². The molecule has 0 spiro atoms. The van der Waals surface area contributed by atoms with Gasteiger partial charge in [-0.1, -0.05) is 12.1 Å². The largest absolute Gasteiger partial charge is 0.496 e.